The van der Waals surface area contributed by atoms with Gasteiger partial charge in [-0.1, -0.05) is 31.4 Å². The van der Waals surface area contributed by atoms with E-state index in [1.807, 2.05) is 12.1 Å². The predicted molar refractivity (Wildman–Crippen MR) is 66.5 cm³/mol. The van der Waals surface area contributed by atoms with Crippen molar-refractivity contribution >= 4 is 22.5 Å². The second-order valence-electron chi connectivity index (χ2n) is 3.92. The van der Waals surface area contributed by atoms with Gasteiger partial charge in [0.2, 0.25) is 0 Å². The Balaban J connectivity index is 2.21. The SMILES string of the molecule is CCCCCn1ccc2cc(Cl)ccc21. The van der Waals surface area contributed by atoms with Crippen LogP contribution in [0.3, 0.4) is 0 Å². The second kappa shape index (κ2) is 4.71. The summed E-state index contributed by atoms with van der Waals surface area (Å²) >= 11 is 5.95. The fourth-order valence-corrected chi connectivity index (χ4v) is 2.08. The zero-order valence-corrected chi connectivity index (χ0v) is 9.80. The quantitative estimate of drug-likeness (QED) is 0.671. The van der Waals surface area contributed by atoms with Gasteiger partial charge in [-0.3, -0.25) is 0 Å². The van der Waals surface area contributed by atoms with Crippen molar-refractivity contribution in [3.63, 3.8) is 0 Å². The van der Waals surface area contributed by atoms with E-state index in [4.69, 9.17) is 11.6 Å². The maximum absolute atomic E-state index is 5.95. The molecule has 2 heteroatoms. The fourth-order valence-electron chi connectivity index (χ4n) is 1.90. The molecule has 2 aromatic rings. The normalized spacial score (nSPS) is 11.1. The lowest BCUT2D eigenvalue weighted by atomic mass is 10.2. The highest BCUT2D eigenvalue weighted by Crippen LogP contribution is 2.20. The lowest BCUT2D eigenvalue weighted by Crippen LogP contribution is -1.95. The molecule has 15 heavy (non-hydrogen) atoms. The first-order chi connectivity index (χ1) is 7.31. The average Bonchev–Trinajstić information content (AvgIpc) is 2.61. The minimum Gasteiger partial charge on any atom is -0.347 e. The van der Waals surface area contributed by atoms with Gasteiger partial charge in [-0.2, -0.15) is 0 Å². The van der Waals surface area contributed by atoms with Gasteiger partial charge in [-0.15, -0.1) is 0 Å². The Morgan fingerprint density at radius 2 is 2.07 bits per heavy atom. The molecule has 0 amide bonds. The Bertz CT molecular complexity index is 445. The predicted octanol–water partition coefficient (Wildman–Crippen LogP) is 4.48. The molecule has 1 heterocycles. The van der Waals surface area contributed by atoms with Crippen LogP contribution < -0.4 is 0 Å². The fraction of sp³-hybridized carbons (Fsp3) is 0.385. The lowest BCUT2D eigenvalue weighted by Gasteiger charge is -2.04. The van der Waals surface area contributed by atoms with Crippen LogP contribution >= 0.6 is 11.6 Å². The first-order valence-electron chi connectivity index (χ1n) is 5.55. The summed E-state index contributed by atoms with van der Waals surface area (Å²) in [7, 11) is 0. The number of nitrogens with zero attached hydrogens (tertiary/aromatic N) is 1. The van der Waals surface area contributed by atoms with Gasteiger partial charge in [0.1, 0.15) is 0 Å². The molecule has 80 valence electrons. The van der Waals surface area contributed by atoms with Gasteiger partial charge in [0.25, 0.3) is 0 Å². The molecular formula is C13H16ClN. The molecule has 0 saturated heterocycles. The van der Waals surface area contributed by atoms with Gasteiger partial charge in [0.15, 0.2) is 0 Å². The third-order valence-electron chi connectivity index (χ3n) is 2.74. The minimum atomic E-state index is 0.814. The molecule has 0 saturated carbocycles. The maximum atomic E-state index is 5.95. The van der Waals surface area contributed by atoms with Crippen molar-refractivity contribution in [1.29, 1.82) is 0 Å². The van der Waals surface area contributed by atoms with Crippen LogP contribution in [0.5, 0.6) is 0 Å². The number of rotatable bonds is 4. The molecule has 0 N–H and O–H groups in total. The Morgan fingerprint density at radius 3 is 2.87 bits per heavy atom. The van der Waals surface area contributed by atoms with Crippen LogP contribution in [0.1, 0.15) is 26.2 Å². The standard InChI is InChI=1S/C13H16ClN/c1-2-3-4-8-15-9-7-11-10-12(14)5-6-13(11)15/h5-7,9-10H,2-4,8H2,1H3. The van der Waals surface area contributed by atoms with Crippen molar-refractivity contribution in [2.75, 3.05) is 0 Å². The van der Waals surface area contributed by atoms with Gasteiger partial charge in [0, 0.05) is 28.7 Å². The number of fused-ring (bicyclic) bond motifs is 1. The van der Waals surface area contributed by atoms with E-state index in [2.05, 4.69) is 29.8 Å². The van der Waals surface area contributed by atoms with E-state index < -0.39 is 0 Å². The monoisotopic (exact) mass is 221 g/mol. The summed E-state index contributed by atoms with van der Waals surface area (Å²) in [6.45, 7) is 3.34. The van der Waals surface area contributed by atoms with Gasteiger partial charge < -0.3 is 4.57 Å². The molecule has 0 fully saturated rings. The molecule has 0 bridgehead atoms. The molecule has 0 radical (unpaired) electrons. The van der Waals surface area contributed by atoms with E-state index in [1.165, 1.54) is 30.2 Å². The lowest BCUT2D eigenvalue weighted by molar-refractivity contribution is 0.616. The molecule has 0 aliphatic heterocycles. The van der Waals surface area contributed by atoms with Crippen molar-refractivity contribution < 1.29 is 0 Å². The van der Waals surface area contributed by atoms with Crippen LogP contribution in [0.2, 0.25) is 5.02 Å². The van der Waals surface area contributed by atoms with Gasteiger partial charge in [-0.05, 0) is 30.7 Å². The molecule has 1 aromatic heterocycles. The second-order valence-corrected chi connectivity index (χ2v) is 4.36. The van der Waals surface area contributed by atoms with Crippen molar-refractivity contribution in [3.05, 3.63) is 35.5 Å². The van der Waals surface area contributed by atoms with Crippen LogP contribution in [0.15, 0.2) is 30.5 Å². The van der Waals surface area contributed by atoms with E-state index in [1.54, 1.807) is 0 Å². The molecule has 0 spiro atoms. The highest BCUT2D eigenvalue weighted by Gasteiger charge is 2.00. The number of hydrogen-bond donors (Lipinski definition) is 0. The smallest absolute Gasteiger partial charge is 0.0481 e. The number of benzene rings is 1. The van der Waals surface area contributed by atoms with Crippen LogP contribution in [0.4, 0.5) is 0 Å². The molecule has 0 unspecified atom stereocenters. The number of aryl methyl sites for hydroxylation is 1. The molecule has 0 aliphatic rings. The van der Waals surface area contributed by atoms with E-state index in [0.29, 0.717) is 0 Å². The summed E-state index contributed by atoms with van der Waals surface area (Å²) < 4.78 is 2.31. The number of halogens is 1. The molecule has 1 nitrogen and oxygen atoms in total. The van der Waals surface area contributed by atoms with Crippen LogP contribution in [0, 0.1) is 0 Å². The number of aromatic nitrogens is 1. The van der Waals surface area contributed by atoms with Crippen molar-refractivity contribution in [1.82, 2.24) is 4.57 Å². The number of hydrogen-bond acceptors (Lipinski definition) is 0. The topological polar surface area (TPSA) is 4.93 Å². The van der Waals surface area contributed by atoms with Crippen molar-refractivity contribution in [2.24, 2.45) is 0 Å². The summed E-state index contributed by atoms with van der Waals surface area (Å²) in [6.07, 6.45) is 5.97. The Kier molecular flexibility index (Phi) is 3.32. The number of unbranched alkanes of at least 4 members (excludes halogenated alkanes) is 2. The van der Waals surface area contributed by atoms with Crippen molar-refractivity contribution in [3.8, 4) is 0 Å². The van der Waals surface area contributed by atoms with Gasteiger partial charge in [-0.25, -0.2) is 0 Å². The zero-order valence-electron chi connectivity index (χ0n) is 9.04. The highest BCUT2D eigenvalue weighted by molar-refractivity contribution is 6.31. The third kappa shape index (κ3) is 2.35. The Morgan fingerprint density at radius 1 is 1.20 bits per heavy atom. The summed E-state index contributed by atoms with van der Waals surface area (Å²) in [5.41, 5.74) is 1.29. The van der Waals surface area contributed by atoms with E-state index in [0.717, 1.165) is 11.6 Å². The molecule has 2 rings (SSSR count). The Labute approximate surface area is 95.7 Å². The molecular weight excluding hydrogens is 206 g/mol. The van der Waals surface area contributed by atoms with Gasteiger partial charge in [0.05, 0.1) is 0 Å². The van der Waals surface area contributed by atoms with E-state index in [-0.39, 0.29) is 0 Å². The summed E-state index contributed by atoms with van der Waals surface area (Å²) in [5, 5.41) is 2.05. The Hall–Kier alpha value is -0.950. The average molecular weight is 222 g/mol. The first-order valence-corrected chi connectivity index (χ1v) is 5.93. The van der Waals surface area contributed by atoms with Crippen molar-refractivity contribution in [2.45, 2.75) is 32.7 Å². The molecule has 1 aromatic carbocycles. The maximum Gasteiger partial charge on any atom is 0.0481 e. The zero-order chi connectivity index (χ0) is 10.7. The summed E-state index contributed by atoms with van der Waals surface area (Å²) in [6, 6.07) is 8.21. The van der Waals surface area contributed by atoms with Crippen LogP contribution in [-0.4, -0.2) is 4.57 Å². The van der Waals surface area contributed by atoms with E-state index >= 15 is 0 Å². The minimum absolute atomic E-state index is 0.814. The third-order valence-corrected chi connectivity index (χ3v) is 2.97. The first kappa shape index (κ1) is 10.6. The van der Waals surface area contributed by atoms with Crippen LogP contribution in [0.25, 0.3) is 10.9 Å². The summed E-state index contributed by atoms with van der Waals surface area (Å²) in [4.78, 5) is 0. The van der Waals surface area contributed by atoms with E-state index in [9.17, 15) is 0 Å². The van der Waals surface area contributed by atoms with Gasteiger partial charge >= 0.3 is 0 Å². The summed E-state index contributed by atoms with van der Waals surface area (Å²) in [5.74, 6) is 0. The molecule has 0 aliphatic carbocycles. The highest BCUT2D eigenvalue weighted by atomic mass is 35.5. The largest absolute Gasteiger partial charge is 0.347 e. The molecule has 0 atom stereocenters. The van der Waals surface area contributed by atoms with Crippen LogP contribution in [-0.2, 0) is 6.54 Å².